The van der Waals surface area contributed by atoms with E-state index in [0.29, 0.717) is 29.8 Å². The fourth-order valence-electron chi connectivity index (χ4n) is 2.00. The van der Waals surface area contributed by atoms with E-state index in [4.69, 9.17) is 21.1 Å². The van der Waals surface area contributed by atoms with Crippen LogP contribution in [0.25, 0.3) is 0 Å². The molecule has 0 saturated carbocycles. The van der Waals surface area contributed by atoms with Crippen molar-refractivity contribution in [3.8, 4) is 11.6 Å². The number of ether oxygens (including phenoxy) is 2. The molecular weight excluding hydrogens is 374 g/mol. The Morgan fingerprint density at radius 1 is 1.19 bits per heavy atom. The Bertz CT molecular complexity index is 686. The smallest absolute Gasteiger partial charge is 0.233 e. The number of hydrogen-bond donors (Lipinski definition) is 2. The molecular formula is C18H24ClN3O3S. The molecule has 1 aromatic carbocycles. The van der Waals surface area contributed by atoms with Crippen molar-refractivity contribution in [1.82, 2.24) is 15.5 Å². The predicted octanol–water partition coefficient (Wildman–Crippen LogP) is 3.04. The highest BCUT2D eigenvalue weighted by Gasteiger charge is 2.20. The standard InChI is InChI=1S/C18H24ClN3O3S/c1-18(2,12-25-16-8-9-17(26-3)22-21-16)20-10-13(23)11-24-15-7-5-4-6-14(15)19/h4-9,13,20,23H,10-12H2,1-3H3/t13-/m1/s1. The minimum atomic E-state index is -0.675. The van der Waals surface area contributed by atoms with Gasteiger partial charge in [-0.05, 0) is 38.3 Å². The van der Waals surface area contributed by atoms with E-state index in [1.807, 2.05) is 38.3 Å². The number of nitrogens with one attached hydrogen (secondary N) is 1. The number of halogens is 1. The first-order chi connectivity index (χ1) is 12.4. The van der Waals surface area contributed by atoms with Gasteiger partial charge in [-0.2, -0.15) is 0 Å². The number of thioether (sulfide) groups is 1. The summed E-state index contributed by atoms with van der Waals surface area (Å²) >= 11 is 7.55. The number of hydrogen-bond acceptors (Lipinski definition) is 7. The Kier molecular flexibility index (Phi) is 7.96. The van der Waals surface area contributed by atoms with Gasteiger partial charge >= 0.3 is 0 Å². The Balaban J connectivity index is 1.72. The summed E-state index contributed by atoms with van der Waals surface area (Å²) in [6.07, 6.45) is 1.27. The molecule has 0 radical (unpaired) electrons. The highest BCUT2D eigenvalue weighted by molar-refractivity contribution is 7.98. The number of rotatable bonds is 10. The fourth-order valence-corrected chi connectivity index (χ4v) is 2.52. The number of aromatic nitrogens is 2. The molecule has 0 aliphatic carbocycles. The third-order valence-corrected chi connectivity index (χ3v) is 4.44. The van der Waals surface area contributed by atoms with E-state index in [0.717, 1.165) is 5.03 Å². The first-order valence-corrected chi connectivity index (χ1v) is 9.81. The normalized spacial score (nSPS) is 12.7. The van der Waals surface area contributed by atoms with Crippen molar-refractivity contribution in [3.05, 3.63) is 41.4 Å². The maximum absolute atomic E-state index is 10.1. The van der Waals surface area contributed by atoms with E-state index < -0.39 is 6.10 Å². The third-order valence-electron chi connectivity index (χ3n) is 3.49. The fraction of sp³-hybridized carbons (Fsp3) is 0.444. The second kappa shape index (κ2) is 9.97. The van der Waals surface area contributed by atoms with Crippen LogP contribution in [-0.4, -0.2) is 53.0 Å². The van der Waals surface area contributed by atoms with Crippen molar-refractivity contribution in [3.63, 3.8) is 0 Å². The van der Waals surface area contributed by atoms with Crippen molar-refractivity contribution in [2.45, 2.75) is 30.5 Å². The second-order valence-corrected chi connectivity index (χ2v) is 7.60. The number of β-amino-alcohol motifs (C(OH)–C–C–N with tert-alkyl or cyclic N) is 1. The van der Waals surface area contributed by atoms with Crippen LogP contribution in [-0.2, 0) is 0 Å². The molecule has 8 heteroatoms. The van der Waals surface area contributed by atoms with Gasteiger partial charge in [0.1, 0.15) is 30.1 Å². The summed E-state index contributed by atoms with van der Waals surface area (Å²) in [6, 6.07) is 10.8. The number of aliphatic hydroxyl groups is 1. The Hall–Kier alpha value is -1.54. The first-order valence-electron chi connectivity index (χ1n) is 8.20. The molecule has 0 bridgehead atoms. The lowest BCUT2D eigenvalue weighted by atomic mass is 10.1. The van der Waals surface area contributed by atoms with Gasteiger partial charge in [0.05, 0.1) is 5.02 Å². The molecule has 0 aliphatic rings. The van der Waals surface area contributed by atoms with Crippen molar-refractivity contribution in [2.75, 3.05) is 26.0 Å². The molecule has 0 unspecified atom stereocenters. The average Bonchev–Trinajstić information content (AvgIpc) is 2.65. The molecule has 0 aliphatic heterocycles. The van der Waals surface area contributed by atoms with E-state index in [1.165, 1.54) is 11.8 Å². The van der Waals surface area contributed by atoms with Crippen LogP contribution in [0.5, 0.6) is 11.6 Å². The van der Waals surface area contributed by atoms with Gasteiger partial charge in [0, 0.05) is 18.2 Å². The molecule has 1 atom stereocenters. The van der Waals surface area contributed by atoms with Crippen LogP contribution in [0, 0.1) is 0 Å². The zero-order chi connectivity index (χ0) is 19.0. The van der Waals surface area contributed by atoms with E-state index in [2.05, 4.69) is 15.5 Å². The SMILES string of the molecule is CSc1ccc(OCC(C)(C)NC[C@@H](O)COc2ccccc2Cl)nn1. The molecule has 2 N–H and O–H groups in total. The maximum atomic E-state index is 10.1. The molecule has 0 spiro atoms. The van der Waals surface area contributed by atoms with Gasteiger partial charge in [-0.3, -0.25) is 0 Å². The van der Waals surface area contributed by atoms with Crippen LogP contribution >= 0.6 is 23.4 Å². The van der Waals surface area contributed by atoms with Gasteiger partial charge in [-0.1, -0.05) is 23.7 Å². The summed E-state index contributed by atoms with van der Waals surface area (Å²) in [7, 11) is 0. The van der Waals surface area contributed by atoms with Crippen LogP contribution in [0.1, 0.15) is 13.8 Å². The van der Waals surface area contributed by atoms with Crippen molar-refractivity contribution in [2.24, 2.45) is 0 Å². The molecule has 0 saturated heterocycles. The zero-order valence-electron chi connectivity index (χ0n) is 15.1. The summed E-state index contributed by atoms with van der Waals surface area (Å²) < 4.78 is 11.2. The molecule has 26 heavy (non-hydrogen) atoms. The minimum Gasteiger partial charge on any atom is -0.489 e. The van der Waals surface area contributed by atoms with Crippen molar-refractivity contribution < 1.29 is 14.6 Å². The highest BCUT2D eigenvalue weighted by Crippen LogP contribution is 2.23. The molecule has 2 rings (SSSR count). The molecule has 1 heterocycles. The second-order valence-electron chi connectivity index (χ2n) is 6.36. The van der Waals surface area contributed by atoms with Crippen LogP contribution < -0.4 is 14.8 Å². The number of para-hydroxylation sites is 1. The zero-order valence-corrected chi connectivity index (χ0v) is 16.7. The van der Waals surface area contributed by atoms with Crippen LogP contribution in [0.15, 0.2) is 41.4 Å². The van der Waals surface area contributed by atoms with Gasteiger partial charge in [-0.15, -0.1) is 22.0 Å². The van der Waals surface area contributed by atoms with Gasteiger partial charge in [0.15, 0.2) is 0 Å². The summed E-state index contributed by atoms with van der Waals surface area (Å²) in [4.78, 5) is 0. The Morgan fingerprint density at radius 2 is 1.96 bits per heavy atom. The van der Waals surface area contributed by atoms with Gasteiger partial charge in [0.2, 0.25) is 5.88 Å². The Labute approximate surface area is 163 Å². The van der Waals surface area contributed by atoms with Crippen LogP contribution in [0.4, 0.5) is 0 Å². The molecule has 0 amide bonds. The van der Waals surface area contributed by atoms with E-state index in [1.54, 1.807) is 18.2 Å². The Morgan fingerprint density at radius 3 is 2.62 bits per heavy atom. The summed E-state index contributed by atoms with van der Waals surface area (Å²) in [6.45, 7) is 4.86. The van der Waals surface area contributed by atoms with E-state index in [9.17, 15) is 5.11 Å². The largest absolute Gasteiger partial charge is 0.489 e. The van der Waals surface area contributed by atoms with Crippen LogP contribution in [0.3, 0.4) is 0 Å². The van der Waals surface area contributed by atoms with Crippen LogP contribution in [0.2, 0.25) is 5.02 Å². The topological polar surface area (TPSA) is 76.5 Å². The third kappa shape index (κ3) is 6.99. The maximum Gasteiger partial charge on any atom is 0.233 e. The summed E-state index contributed by atoms with van der Waals surface area (Å²) in [5, 5.41) is 22.8. The number of nitrogens with zero attached hydrogens (tertiary/aromatic N) is 2. The van der Waals surface area contributed by atoms with E-state index >= 15 is 0 Å². The lowest BCUT2D eigenvalue weighted by molar-refractivity contribution is 0.0923. The monoisotopic (exact) mass is 397 g/mol. The summed E-state index contributed by atoms with van der Waals surface area (Å²) in [5.74, 6) is 1.03. The first kappa shape index (κ1) is 20.8. The number of aliphatic hydroxyl groups excluding tert-OH is 1. The van der Waals surface area contributed by atoms with Gasteiger partial charge in [-0.25, -0.2) is 0 Å². The van der Waals surface area contributed by atoms with E-state index in [-0.39, 0.29) is 12.1 Å². The molecule has 142 valence electrons. The molecule has 0 fully saturated rings. The minimum absolute atomic E-state index is 0.148. The molecule has 6 nitrogen and oxygen atoms in total. The van der Waals surface area contributed by atoms with Crippen molar-refractivity contribution >= 4 is 23.4 Å². The molecule has 1 aromatic heterocycles. The lowest BCUT2D eigenvalue weighted by Crippen LogP contribution is -2.48. The summed E-state index contributed by atoms with van der Waals surface area (Å²) in [5.41, 5.74) is -0.356. The van der Waals surface area contributed by atoms with Gasteiger partial charge < -0.3 is 19.9 Å². The van der Waals surface area contributed by atoms with Crippen molar-refractivity contribution in [1.29, 1.82) is 0 Å². The molecule has 2 aromatic rings. The lowest BCUT2D eigenvalue weighted by Gasteiger charge is -2.27. The highest BCUT2D eigenvalue weighted by atomic mass is 35.5. The quantitative estimate of drug-likeness (QED) is 0.596. The van der Waals surface area contributed by atoms with Gasteiger partial charge in [0.25, 0.3) is 0 Å². The average molecular weight is 398 g/mol. The number of benzene rings is 1. The predicted molar refractivity (Wildman–Crippen MR) is 104 cm³/mol.